The Bertz CT molecular complexity index is 1070. The van der Waals surface area contributed by atoms with Crippen molar-refractivity contribution in [3.8, 4) is 0 Å². The van der Waals surface area contributed by atoms with Gasteiger partial charge in [0.2, 0.25) is 15.9 Å². The molecule has 1 fully saturated rings. The standard InChI is InChI=1S/C21H22Cl2N2O5S/c1-2-30-21(27)14-5-8-17(9-6-14)24-20(26)15-4-3-11-25(13-15)31(28,29)19-12-16(22)7-10-18(19)23/h5-10,12,15H,2-4,11,13H2,1H3,(H,24,26). The number of hydrogen-bond donors (Lipinski definition) is 1. The molecule has 1 heterocycles. The van der Waals surface area contributed by atoms with Gasteiger partial charge in [0.15, 0.2) is 0 Å². The van der Waals surface area contributed by atoms with Crippen molar-refractivity contribution in [3.05, 3.63) is 58.1 Å². The lowest BCUT2D eigenvalue weighted by atomic mass is 9.98. The van der Waals surface area contributed by atoms with Crippen LogP contribution >= 0.6 is 23.2 Å². The molecule has 7 nitrogen and oxygen atoms in total. The third-order valence-corrected chi connectivity index (χ3v) is 7.51. The summed E-state index contributed by atoms with van der Waals surface area (Å²) in [4.78, 5) is 24.4. The fourth-order valence-corrected chi connectivity index (χ4v) is 5.60. The zero-order chi connectivity index (χ0) is 22.6. The van der Waals surface area contributed by atoms with Crippen LogP contribution in [-0.4, -0.2) is 44.3 Å². The summed E-state index contributed by atoms with van der Waals surface area (Å²) >= 11 is 12.0. The van der Waals surface area contributed by atoms with Gasteiger partial charge in [0.25, 0.3) is 0 Å². The number of carbonyl (C=O) groups is 2. The van der Waals surface area contributed by atoms with Crippen LogP contribution in [-0.2, 0) is 19.6 Å². The summed E-state index contributed by atoms with van der Waals surface area (Å²) in [6, 6.07) is 10.6. The van der Waals surface area contributed by atoms with Gasteiger partial charge in [-0.05, 0) is 62.2 Å². The first kappa shape index (κ1) is 23.5. The molecular weight excluding hydrogens is 463 g/mol. The van der Waals surface area contributed by atoms with E-state index in [-0.39, 0.29) is 34.0 Å². The summed E-state index contributed by atoms with van der Waals surface area (Å²) in [6.07, 6.45) is 1.10. The van der Waals surface area contributed by atoms with Gasteiger partial charge in [0.1, 0.15) is 4.90 Å². The molecule has 31 heavy (non-hydrogen) atoms. The fraction of sp³-hybridized carbons (Fsp3) is 0.333. The molecule has 2 aromatic rings. The number of nitrogens with one attached hydrogen (secondary N) is 1. The van der Waals surface area contributed by atoms with Gasteiger partial charge in [-0.15, -0.1) is 0 Å². The van der Waals surface area contributed by atoms with E-state index in [0.717, 1.165) is 0 Å². The molecule has 0 radical (unpaired) electrons. The topological polar surface area (TPSA) is 92.8 Å². The van der Waals surface area contributed by atoms with Crippen LogP contribution in [0.3, 0.4) is 0 Å². The number of amides is 1. The number of anilines is 1. The van der Waals surface area contributed by atoms with E-state index in [1.165, 1.54) is 22.5 Å². The Morgan fingerprint density at radius 2 is 1.87 bits per heavy atom. The number of nitrogens with zero attached hydrogens (tertiary/aromatic N) is 1. The van der Waals surface area contributed by atoms with E-state index in [0.29, 0.717) is 30.6 Å². The number of sulfonamides is 1. The minimum Gasteiger partial charge on any atom is -0.462 e. The summed E-state index contributed by atoms with van der Waals surface area (Å²) < 4.78 is 32.3. The lowest BCUT2D eigenvalue weighted by Gasteiger charge is -2.31. The Kier molecular flexibility index (Phi) is 7.59. The summed E-state index contributed by atoms with van der Waals surface area (Å²) in [5.41, 5.74) is 0.893. The zero-order valence-corrected chi connectivity index (χ0v) is 19.1. The van der Waals surface area contributed by atoms with Crippen molar-refractivity contribution in [1.29, 1.82) is 0 Å². The van der Waals surface area contributed by atoms with E-state index in [2.05, 4.69) is 5.32 Å². The summed E-state index contributed by atoms with van der Waals surface area (Å²) in [5, 5.41) is 3.13. The maximum atomic E-state index is 13.0. The van der Waals surface area contributed by atoms with Gasteiger partial charge in [0, 0.05) is 23.8 Å². The molecule has 0 aromatic heterocycles. The Labute approximate surface area is 191 Å². The van der Waals surface area contributed by atoms with E-state index >= 15 is 0 Å². The second-order valence-electron chi connectivity index (χ2n) is 7.06. The Hall–Kier alpha value is -2.13. The molecule has 1 aliphatic heterocycles. The average molecular weight is 485 g/mol. The van der Waals surface area contributed by atoms with Crippen molar-refractivity contribution in [2.75, 3.05) is 25.0 Å². The van der Waals surface area contributed by atoms with Crippen LogP contribution in [0.4, 0.5) is 5.69 Å². The summed E-state index contributed by atoms with van der Waals surface area (Å²) in [6.45, 7) is 2.33. The highest BCUT2D eigenvalue weighted by atomic mass is 35.5. The van der Waals surface area contributed by atoms with E-state index < -0.39 is 21.9 Å². The van der Waals surface area contributed by atoms with Crippen LogP contribution in [0.5, 0.6) is 0 Å². The number of ether oxygens (including phenoxy) is 1. The Morgan fingerprint density at radius 1 is 1.16 bits per heavy atom. The molecule has 3 rings (SSSR count). The lowest BCUT2D eigenvalue weighted by molar-refractivity contribution is -0.120. The number of rotatable bonds is 6. The second-order valence-corrected chi connectivity index (χ2v) is 9.81. The molecule has 0 bridgehead atoms. The van der Waals surface area contributed by atoms with Crippen molar-refractivity contribution >= 4 is 50.8 Å². The number of esters is 1. The quantitative estimate of drug-likeness (QED) is 0.619. The van der Waals surface area contributed by atoms with Gasteiger partial charge < -0.3 is 10.1 Å². The lowest BCUT2D eigenvalue weighted by Crippen LogP contribution is -2.43. The molecule has 1 aliphatic rings. The van der Waals surface area contributed by atoms with Gasteiger partial charge in [-0.25, -0.2) is 13.2 Å². The molecule has 0 spiro atoms. The molecule has 2 aromatic carbocycles. The molecule has 1 N–H and O–H groups in total. The molecule has 166 valence electrons. The molecule has 0 aliphatic carbocycles. The summed E-state index contributed by atoms with van der Waals surface area (Å²) in [7, 11) is -3.89. The van der Waals surface area contributed by atoms with Gasteiger partial charge in [-0.3, -0.25) is 4.79 Å². The first-order valence-corrected chi connectivity index (χ1v) is 11.9. The SMILES string of the molecule is CCOC(=O)c1ccc(NC(=O)C2CCCN(S(=O)(=O)c3cc(Cl)ccc3Cl)C2)cc1. The van der Waals surface area contributed by atoms with Gasteiger partial charge in [-0.1, -0.05) is 23.2 Å². The monoisotopic (exact) mass is 484 g/mol. The number of hydrogen-bond acceptors (Lipinski definition) is 5. The van der Waals surface area contributed by atoms with Crippen LogP contribution in [0.2, 0.25) is 10.0 Å². The van der Waals surface area contributed by atoms with E-state index in [4.69, 9.17) is 27.9 Å². The smallest absolute Gasteiger partial charge is 0.338 e. The minimum atomic E-state index is -3.89. The second kappa shape index (κ2) is 9.99. The van der Waals surface area contributed by atoms with Gasteiger partial charge >= 0.3 is 5.97 Å². The molecule has 1 amide bonds. The Balaban J connectivity index is 1.69. The first-order chi connectivity index (χ1) is 14.7. The van der Waals surface area contributed by atoms with Crippen molar-refractivity contribution in [2.24, 2.45) is 5.92 Å². The normalized spacial score (nSPS) is 17.2. The maximum Gasteiger partial charge on any atom is 0.338 e. The van der Waals surface area contributed by atoms with Crippen LogP contribution in [0, 0.1) is 5.92 Å². The molecule has 1 atom stereocenters. The van der Waals surface area contributed by atoms with Crippen LogP contribution < -0.4 is 5.32 Å². The first-order valence-electron chi connectivity index (χ1n) is 9.75. The highest BCUT2D eigenvalue weighted by molar-refractivity contribution is 7.89. The predicted molar refractivity (Wildman–Crippen MR) is 119 cm³/mol. The van der Waals surface area contributed by atoms with E-state index in [1.807, 2.05) is 0 Å². The predicted octanol–water partition coefficient (Wildman–Crippen LogP) is 4.21. The average Bonchev–Trinajstić information content (AvgIpc) is 2.76. The third-order valence-electron chi connectivity index (χ3n) is 4.93. The molecular formula is C21H22Cl2N2O5S. The third kappa shape index (κ3) is 5.57. The van der Waals surface area contributed by atoms with E-state index in [1.54, 1.807) is 31.2 Å². The van der Waals surface area contributed by atoms with Gasteiger partial charge in [0.05, 0.1) is 23.1 Å². The van der Waals surface area contributed by atoms with Crippen molar-refractivity contribution in [1.82, 2.24) is 4.31 Å². The number of halogens is 2. The highest BCUT2D eigenvalue weighted by Gasteiger charge is 2.34. The molecule has 10 heteroatoms. The van der Waals surface area contributed by atoms with Crippen LogP contribution in [0.25, 0.3) is 0 Å². The minimum absolute atomic E-state index is 0.0396. The highest BCUT2D eigenvalue weighted by Crippen LogP contribution is 2.30. The largest absolute Gasteiger partial charge is 0.462 e. The van der Waals surface area contributed by atoms with E-state index in [9.17, 15) is 18.0 Å². The zero-order valence-electron chi connectivity index (χ0n) is 16.8. The number of benzene rings is 2. The molecule has 1 saturated heterocycles. The van der Waals surface area contributed by atoms with Crippen molar-refractivity contribution in [2.45, 2.75) is 24.7 Å². The maximum absolute atomic E-state index is 13.0. The van der Waals surface area contributed by atoms with Crippen LogP contribution in [0.15, 0.2) is 47.4 Å². The number of piperidine rings is 1. The van der Waals surface area contributed by atoms with Gasteiger partial charge in [-0.2, -0.15) is 4.31 Å². The van der Waals surface area contributed by atoms with Crippen molar-refractivity contribution in [3.63, 3.8) is 0 Å². The fourth-order valence-electron chi connectivity index (χ4n) is 3.34. The molecule has 1 unspecified atom stereocenters. The number of carbonyl (C=O) groups excluding carboxylic acids is 2. The Morgan fingerprint density at radius 3 is 2.55 bits per heavy atom. The van der Waals surface area contributed by atoms with Crippen molar-refractivity contribution < 1.29 is 22.7 Å². The van der Waals surface area contributed by atoms with Crippen LogP contribution in [0.1, 0.15) is 30.1 Å². The summed E-state index contributed by atoms with van der Waals surface area (Å²) in [5.74, 6) is -1.25. The molecule has 0 saturated carbocycles.